The zero-order chi connectivity index (χ0) is 19.6. The molecule has 27 heavy (non-hydrogen) atoms. The smallest absolute Gasteiger partial charge is 0.222 e. The average Bonchev–Trinajstić information content (AvgIpc) is 2.90. The van der Waals surface area contributed by atoms with Crippen molar-refractivity contribution in [1.29, 1.82) is 0 Å². The molecule has 0 spiro atoms. The fourth-order valence-corrected chi connectivity index (χ4v) is 3.83. The van der Waals surface area contributed by atoms with Crippen molar-refractivity contribution < 1.29 is 4.79 Å². The molecule has 5 heteroatoms. The van der Waals surface area contributed by atoms with Crippen molar-refractivity contribution in [2.24, 2.45) is 0 Å². The van der Waals surface area contributed by atoms with Gasteiger partial charge in [-0.05, 0) is 33.6 Å². The molecule has 2 heterocycles. The van der Waals surface area contributed by atoms with Gasteiger partial charge in [0.15, 0.2) is 0 Å². The van der Waals surface area contributed by atoms with E-state index >= 15 is 0 Å². The lowest BCUT2D eigenvalue weighted by Crippen LogP contribution is -2.35. The Hall–Kier alpha value is -1.65. The van der Waals surface area contributed by atoms with Gasteiger partial charge in [-0.15, -0.1) is 0 Å². The molecule has 2 rings (SSSR count). The Kier molecular flexibility index (Phi) is 9.02. The number of hydrogen-bond acceptors (Lipinski definition) is 4. The normalized spacial score (nSPS) is 15.1. The molecule has 0 saturated carbocycles. The molecule has 1 aromatic heterocycles. The summed E-state index contributed by atoms with van der Waals surface area (Å²) in [5.74, 6) is 2.20. The van der Waals surface area contributed by atoms with Crippen molar-refractivity contribution in [3.63, 3.8) is 0 Å². The van der Waals surface area contributed by atoms with Crippen LogP contribution in [0, 0.1) is 20.8 Å². The Morgan fingerprint density at radius 2 is 1.59 bits per heavy atom. The van der Waals surface area contributed by atoms with Crippen LogP contribution in [0.4, 0.5) is 5.82 Å². The predicted molar refractivity (Wildman–Crippen MR) is 112 cm³/mol. The fraction of sp³-hybridized carbons (Fsp3) is 0.773. The minimum absolute atomic E-state index is 0.331. The van der Waals surface area contributed by atoms with Crippen LogP contribution in [-0.2, 0) is 4.79 Å². The molecule has 0 N–H and O–H groups in total. The Morgan fingerprint density at radius 3 is 2.33 bits per heavy atom. The van der Waals surface area contributed by atoms with Gasteiger partial charge >= 0.3 is 0 Å². The second-order valence-corrected chi connectivity index (χ2v) is 7.90. The number of aromatic nitrogens is 2. The number of amides is 1. The van der Waals surface area contributed by atoms with Gasteiger partial charge in [0, 0.05) is 43.9 Å². The van der Waals surface area contributed by atoms with Gasteiger partial charge in [-0.1, -0.05) is 45.4 Å². The van der Waals surface area contributed by atoms with Crippen LogP contribution >= 0.6 is 0 Å². The third-order valence-corrected chi connectivity index (χ3v) is 5.62. The Labute approximate surface area is 165 Å². The van der Waals surface area contributed by atoms with Gasteiger partial charge in [0.25, 0.3) is 0 Å². The van der Waals surface area contributed by atoms with E-state index in [-0.39, 0.29) is 0 Å². The molecule has 1 saturated heterocycles. The summed E-state index contributed by atoms with van der Waals surface area (Å²) in [7, 11) is 0. The van der Waals surface area contributed by atoms with Crippen LogP contribution in [-0.4, -0.2) is 47.0 Å². The zero-order valence-corrected chi connectivity index (χ0v) is 17.9. The van der Waals surface area contributed by atoms with Crippen molar-refractivity contribution in [2.75, 3.05) is 31.1 Å². The summed E-state index contributed by atoms with van der Waals surface area (Å²) < 4.78 is 0. The topological polar surface area (TPSA) is 49.3 Å². The Bertz CT molecular complexity index is 602. The first-order chi connectivity index (χ1) is 13.0. The van der Waals surface area contributed by atoms with Gasteiger partial charge in [0.2, 0.25) is 5.91 Å². The first-order valence-corrected chi connectivity index (χ1v) is 10.9. The van der Waals surface area contributed by atoms with Gasteiger partial charge in [-0.2, -0.15) is 0 Å². The van der Waals surface area contributed by atoms with Crippen molar-refractivity contribution >= 4 is 11.7 Å². The highest BCUT2D eigenvalue weighted by molar-refractivity contribution is 5.76. The van der Waals surface area contributed by atoms with Crippen LogP contribution in [0.15, 0.2) is 0 Å². The highest BCUT2D eigenvalue weighted by Crippen LogP contribution is 2.21. The average molecular weight is 375 g/mol. The van der Waals surface area contributed by atoms with Crippen molar-refractivity contribution in [2.45, 2.75) is 85.5 Å². The van der Waals surface area contributed by atoms with E-state index in [0.717, 1.165) is 61.9 Å². The molecule has 0 radical (unpaired) electrons. The number of rotatable bonds is 9. The summed E-state index contributed by atoms with van der Waals surface area (Å²) in [5, 5.41) is 0. The van der Waals surface area contributed by atoms with Gasteiger partial charge < -0.3 is 9.80 Å². The van der Waals surface area contributed by atoms with Crippen LogP contribution in [0.1, 0.15) is 81.8 Å². The first kappa shape index (κ1) is 21.6. The summed E-state index contributed by atoms with van der Waals surface area (Å²) in [5.41, 5.74) is 2.21. The van der Waals surface area contributed by atoms with Gasteiger partial charge in [0.05, 0.1) is 0 Å². The third kappa shape index (κ3) is 6.78. The van der Waals surface area contributed by atoms with Crippen LogP contribution in [0.3, 0.4) is 0 Å². The summed E-state index contributed by atoms with van der Waals surface area (Å²) >= 11 is 0. The molecule has 0 aromatic carbocycles. The lowest BCUT2D eigenvalue weighted by molar-refractivity contribution is -0.131. The molecule has 1 amide bonds. The summed E-state index contributed by atoms with van der Waals surface area (Å²) in [6.07, 6.45) is 10.5. The monoisotopic (exact) mass is 374 g/mol. The number of nitrogens with zero attached hydrogens (tertiary/aromatic N) is 4. The highest BCUT2D eigenvalue weighted by Gasteiger charge is 2.21. The van der Waals surface area contributed by atoms with E-state index < -0.39 is 0 Å². The molecule has 1 aliphatic rings. The van der Waals surface area contributed by atoms with E-state index in [0.29, 0.717) is 12.3 Å². The number of aryl methyl sites for hydroxylation is 2. The molecular formula is C22H38N4O. The summed E-state index contributed by atoms with van der Waals surface area (Å²) in [6.45, 7) is 11.8. The standard InChI is InChI=1S/C22H38N4O/c1-5-6-7-8-9-10-11-13-21(27)25-14-12-15-26(17-16-25)22-18(2)19(3)23-20(4)24-22/h5-17H2,1-4H3. The second kappa shape index (κ2) is 11.3. The van der Waals surface area contributed by atoms with E-state index in [2.05, 4.69) is 33.6 Å². The maximum atomic E-state index is 12.6. The molecule has 1 fully saturated rings. The number of carbonyl (C=O) groups is 1. The fourth-order valence-electron chi connectivity index (χ4n) is 3.83. The lowest BCUT2D eigenvalue weighted by atomic mass is 10.1. The molecule has 0 aliphatic carbocycles. The summed E-state index contributed by atoms with van der Waals surface area (Å²) in [6, 6.07) is 0. The molecule has 0 unspecified atom stereocenters. The lowest BCUT2D eigenvalue weighted by Gasteiger charge is -2.25. The van der Waals surface area contributed by atoms with E-state index in [4.69, 9.17) is 0 Å². The van der Waals surface area contributed by atoms with E-state index in [9.17, 15) is 4.79 Å². The Balaban J connectivity index is 1.78. The van der Waals surface area contributed by atoms with Crippen molar-refractivity contribution in [3.05, 3.63) is 17.1 Å². The molecule has 1 aromatic rings. The zero-order valence-electron chi connectivity index (χ0n) is 17.9. The van der Waals surface area contributed by atoms with E-state index in [1.54, 1.807) is 0 Å². The number of anilines is 1. The predicted octanol–water partition coefficient (Wildman–Crippen LogP) is 4.58. The maximum Gasteiger partial charge on any atom is 0.222 e. The van der Waals surface area contributed by atoms with Crippen LogP contribution in [0.25, 0.3) is 0 Å². The van der Waals surface area contributed by atoms with Crippen LogP contribution in [0.2, 0.25) is 0 Å². The van der Waals surface area contributed by atoms with Gasteiger partial charge in [-0.25, -0.2) is 9.97 Å². The number of hydrogen-bond donors (Lipinski definition) is 0. The minimum atomic E-state index is 0.331. The van der Waals surface area contributed by atoms with E-state index in [1.807, 2.05) is 13.8 Å². The van der Waals surface area contributed by atoms with E-state index in [1.165, 1.54) is 38.5 Å². The molecule has 0 atom stereocenters. The third-order valence-electron chi connectivity index (χ3n) is 5.62. The largest absolute Gasteiger partial charge is 0.354 e. The highest BCUT2D eigenvalue weighted by atomic mass is 16.2. The van der Waals surface area contributed by atoms with Gasteiger partial charge in [0.1, 0.15) is 11.6 Å². The second-order valence-electron chi connectivity index (χ2n) is 7.90. The molecule has 152 valence electrons. The quantitative estimate of drug-likeness (QED) is 0.594. The first-order valence-electron chi connectivity index (χ1n) is 10.9. The SMILES string of the molecule is CCCCCCCCCC(=O)N1CCCN(c2nc(C)nc(C)c2C)CC1. The van der Waals surface area contributed by atoms with Crippen molar-refractivity contribution in [3.8, 4) is 0 Å². The van der Waals surface area contributed by atoms with Crippen molar-refractivity contribution in [1.82, 2.24) is 14.9 Å². The van der Waals surface area contributed by atoms with Crippen LogP contribution in [0.5, 0.6) is 0 Å². The van der Waals surface area contributed by atoms with Crippen LogP contribution < -0.4 is 4.90 Å². The Morgan fingerprint density at radius 1 is 0.889 bits per heavy atom. The maximum absolute atomic E-state index is 12.6. The molecule has 1 aliphatic heterocycles. The molecular weight excluding hydrogens is 336 g/mol. The molecule has 5 nitrogen and oxygen atoms in total. The number of carbonyl (C=O) groups excluding carboxylic acids is 1. The summed E-state index contributed by atoms with van der Waals surface area (Å²) in [4.78, 5) is 26.1. The molecule has 0 bridgehead atoms. The number of unbranched alkanes of at least 4 members (excludes halogenated alkanes) is 6. The minimum Gasteiger partial charge on any atom is -0.354 e. The van der Waals surface area contributed by atoms with Gasteiger partial charge in [-0.3, -0.25) is 4.79 Å².